The van der Waals surface area contributed by atoms with Crippen molar-refractivity contribution in [2.24, 2.45) is 0 Å². The van der Waals surface area contributed by atoms with Gasteiger partial charge in [0.25, 0.3) is 0 Å². The summed E-state index contributed by atoms with van der Waals surface area (Å²) >= 11 is 0. The summed E-state index contributed by atoms with van der Waals surface area (Å²) in [4.78, 5) is 19.9. The molecule has 0 aliphatic carbocycles. The Hall–Kier alpha value is -5.36. The minimum atomic E-state index is 0.320. The third-order valence-electron chi connectivity index (χ3n) is 8.81. The topological polar surface area (TPSA) is 61.4 Å². The molecule has 6 aromatic heterocycles. The van der Waals surface area contributed by atoms with Crippen molar-refractivity contribution in [2.45, 2.75) is 46.5 Å². The minimum Gasteiger partial charge on any atom is -0.278 e. The number of aromatic nitrogens is 6. The molecular weight excluding hydrogens is 552 g/mol. The van der Waals surface area contributed by atoms with Gasteiger partial charge in [-0.3, -0.25) is 9.13 Å². The molecule has 8 rings (SSSR count). The number of fused-ring (bicyclic) bond motifs is 6. The van der Waals surface area contributed by atoms with Crippen molar-refractivity contribution in [3.8, 4) is 22.5 Å². The number of benzene rings is 2. The molecule has 0 spiro atoms. The Kier molecular flexibility index (Phi) is 6.27. The zero-order chi connectivity index (χ0) is 30.8. The Bertz CT molecular complexity index is 2390. The zero-order valence-electron chi connectivity index (χ0n) is 26.2. The summed E-state index contributed by atoms with van der Waals surface area (Å²) in [7, 11) is 0. The molecule has 0 saturated heterocycles. The quantitative estimate of drug-likeness (QED) is 0.201. The lowest BCUT2D eigenvalue weighted by atomic mass is 10.0. The number of hydrogen-bond acceptors (Lipinski definition) is 4. The fraction of sp³-hybridized carbons (Fsp3) is 0.179. The van der Waals surface area contributed by atoms with E-state index in [2.05, 4.69) is 123 Å². The van der Waals surface area contributed by atoms with Crippen LogP contribution < -0.4 is 0 Å². The molecule has 6 nitrogen and oxygen atoms in total. The van der Waals surface area contributed by atoms with E-state index in [0.717, 1.165) is 78.0 Å². The van der Waals surface area contributed by atoms with Crippen LogP contribution in [-0.2, 0) is 0 Å². The van der Waals surface area contributed by atoms with Crippen LogP contribution in [0.25, 0.3) is 66.6 Å². The van der Waals surface area contributed by atoms with Gasteiger partial charge in [0.05, 0.1) is 5.69 Å². The second-order valence-corrected chi connectivity index (χ2v) is 12.5. The van der Waals surface area contributed by atoms with E-state index in [1.165, 1.54) is 5.56 Å². The first-order chi connectivity index (χ1) is 21.9. The van der Waals surface area contributed by atoms with Crippen molar-refractivity contribution < 1.29 is 0 Å². The molecule has 0 bridgehead atoms. The molecule has 6 heteroatoms. The van der Waals surface area contributed by atoms with Crippen LogP contribution in [0.2, 0.25) is 0 Å². The van der Waals surface area contributed by atoms with Crippen LogP contribution in [0.15, 0.2) is 103 Å². The third-order valence-corrected chi connectivity index (χ3v) is 8.81. The van der Waals surface area contributed by atoms with E-state index in [4.69, 9.17) is 19.9 Å². The molecule has 0 aliphatic rings. The molecule has 220 valence electrons. The number of rotatable bonds is 5. The summed E-state index contributed by atoms with van der Waals surface area (Å²) in [6.07, 6.45) is 3.72. The van der Waals surface area contributed by atoms with Crippen molar-refractivity contribution in [1.29, 1.82) is 0 Å². The lowest BCUT2D eigenvalue weighted by molar-refractivity contribution is 0.826. The first-order valence-electron chi connectivity index (χ1n) is 15.6. The van der Waals surface area contributed by atoms with Gasteiger partial charge in [0, 0.05) is 56.6 Å². The van der Waals surface area contributed by atoms with Gasteiger partial charge in [0.15, 0.2) is 0 Å². The van der Waals surface area contributed by atoms with Gasteiger partial charge in [0.1, 0.15) is 22.6 Å². The Morgan fingerprint density at radius 3 is 1.64 bits per heavy atom. The van der Waals surface area contributed by atoms with Crippen molar-refractivity contribution in [2.75, 3.05) is 0 Å². The van der Waals surface area contributed by atoms with Crippen LogP contribution in [0, 0.1) is 6.92 Å². The number of nitrogens with zero attached hydrogens (tertiary/aromatic N) is 6. The van der Waals surface area contributed by atoms with Gasteiger partial charge in [-0.2, -0.15) is 0 Å². The average Bonchev–Trinajstić information content (AvgIpc) is 3.57. The standard InChI is InChI=1S/C39H34N6/c1-23(2)33-17-15-30-28-8-6-20-40-36(28)44(38(30)42-33)27-13-11-26(12-14-27)32-22-25(5)10-19-35(32)45-37-29(9-7-21-41-37)31-16-18-34(24(3)4)43-39(31)45/h6-24H,1-5H3. The average molecular weight is 587 g/mol. The normalized spacial score (nSPS) is 12.1. The molecular formula is C39H34N6. The fourth-order valence-electron chi connectivity index (χ4n) is 6.44. The predicted molar refractivity (Wildman–Crippen MR) is 185 cm³/mol. The first-order valence-corrected chi connectivity index (χ1v) is 15.6. The summed E-state index contributed by atoms with van der Waals surface area (Å²) in [6.45, 7) is 10.9. The predicted octanol–water partition coefficient (Wildman–Crippen LogP) is 9.68. The molecule has 0 aliphatic heterocycles. The Balaban J connectivity index is 1.33. The molecule has 0 fully saturated rings. The monoisotopic (exact) mass is 586 g/mol. The van der Waals surface area contributed by atoms with Gasteiger partial charge >= 0.3 is 0 Å². The smallest absolute Gasteiger partial charge is 0.147 e. The second kappa shape index (κ2) is 10.4. The highest BCUT2D eigenvalue weighted by atomic mass is 15.1. The van der Waals surface area contributed by atoms with E-state index >= 15 is 0 Å². The minimum absolute atomic E-state index is 0.320. The highest BCUT2D eigenvalue weighted by molar-refractivity contribution is 6.07. The third kappa shape index (κ3) is 4.32. The van der Waals surface area contributed by atoms with Gasteiger partial charge < -0.3 is 0 Å². The number of aryl methyl sites for hydroxylation is 1. The molecule has 0 amide bonds. The van der Waals surface area contributed by atoms with Crippen molar-refractivity contribution >= 4 is 44.1 Å². The fourth-order valence-corrected chi connectivity index (χ4v) is 6.44. The lowest BCUT2D eigenvalue weighted by Gasteiger charge is -2.15. The van der Waals surface area contributed by atoms with Gasteiger partial charge in [0.2, 0.25) is 0 Å². The largest absolute Gasteiger partial charge is 0.278 e. The first kappa shape index (κ1) is 27.2. The molecule has 0 saturated carbocycles. The molecule has 0 unspecified atom stereocenters. The van der Waals surface area contributed by atoms with Crippen LogP contribution in [0.4, 0.5) is 0 Å². The van der Waals surface area contributed by atoms with Crippen LogP contribution >= 0.6 is 0 Å². The maximum absolute atomic E-state index is 5.18. The maximum atomic E-state index is 5.18. The Labute approximate surface area is 262 Å². The highest BCUT2D eigenvalue weighted by Gasteiger charge is 2.20. The molecule has 6 heterocycles. The van der Waals surface area contributed by atoms with Crippen LogP contribution in [-0.4, -0.2) is 29.1 Å². The van der Waals surface area contributed by atoms with Gasteiger partial charge in [-0.05, 0) is 97.1 Å². The van der Waals surface area contributed by atoms with Crippen LogP contribution in [0.1, 0.15) is 56.5 Å². The second-order valence-electron chi connectivity index (χ2n) is 12.5. The van der Waals surface area contributed by atoms with Crippen molar-refractivity contribution in [3.05, 3.63) is 120 Å². The summed E-state index contributed by atoms with van der Waals surface area (Å²) in [5, 5.41) is 4.42. The molecule has 2 aromatic carbocycles. The van der Waals surface area contributed by atoms with E-state index in [1.54, 1.807) is 0 Å². The number of hydrogen-bond donors (Lipinski definition) is 0. The van der Waals surface area contributed by atoms with E-state index in [0.29, 0.717) is 11.8 Å². The van der Waals surface area contributed by atoms with Crippen molar-refractivity contribution in [3.63, 3.8) is 0 Å². The maximum Gasteiger partial charge on any atom is 0.147 e. The highest BCUT2D eigenvalue weighted by Crippen LogP contribution is 2.37. The van der Waals surface area contributed by atoms with E-state index in [1.807, 2.05) is 24.5 Å². The Morgan fingerprint density at radius 2 is 1.07 bits per heavy atom. The molecule has 0 radical (unpaired) electrons. The lowest BCUT2D eigenvalue weighted by Crippen LogP contribution is -2.02. The van der Waals surface area contributed by atoms with Crippen molar-refractivity contribution in [1.82, 2.24) is 29.1 Å². The summed E-state index contributed by atoms with van der Waals surface area (Å²) < 4.78 is 4.42. The van der Waals surface area contributed by atoms with Gasteiger partial charge in [-0.25, -0.2) is 19.9 Å². The summed E-state index contributed by atoms with van der Waals surface area (Å²) in [6, 6.07) is 32.3. The van der Waals surface area contributed by atoms with Gasteiger partial charge in [-0.1, -0.05) is 51.5 Å². The van der Waals surface area contributed by atoms with Crippen LogP contribution in [0.3, 0.4) is 0 Å². The summed E-state index contributed by atoms with van der Waals surface area (Å²) in [5.74, 6) is 0.651. The zero-order valence-corrected chi connectivity index (χ0v) is 26.2. The van der Waals surface area contributed by atoms with E-state index in [9.17, 15) is 0 Å². The molecule has 45 heavy (non-hydrogen) atoms. The summed E-state index contributed by atoms with van der Waals surface area (Å²) in [5.41, 5.74) is 11.3. The Morgan fingerprint density at radius 1 is 0.533 bits per heavy atom. The van der Waals surface area contributed by atoms with E-state index in [-0.39, 0.29) is 0 Å². The van der Waals surface area contributed by atoms with Crippen LogP contribution in [0.5, 0.6) is 0 Å². The molecule has 0 atom stereocenters. The van der Waals surface area contributed by atoms with Gasteiger partial charge in [-0.15, -0.1) is 0 Å². The molecule has 0 N–H and O–H groups in total. The van der Waals surface area contributed by atoms with E-state index < -0.39 is 0 Å². The molecule has 8 aromatic rings. The number of pyridine rings is 4. The SMILES string of the molecule is Cc1ccc(-n2c3ncccc3c3ccc(C(C)C)nc32)c(-c2ccc(-n3c4ncccc4c4ccc(C(C)C)nc43)cc2)c1.